The van der Waals surface area contributed by atoms with Crippen molar-refractivity contribution in [3.05, 3.63) is 60.8 Å². The molecule has 2 fully saturated rings. The van der Waals surface area contributed by atoms with Crippen molar-refractivity contribution in [1.29, 1.82) is 0 Å². The molecule has 2 heterocycles. The molecule has 526 valence electrons. The van der Waals surface area contributed by atoms with Crippen molar-refractivity contribution in [2.75, 3.05) is 19.8 Å². The molecule has 14 heteroatoms. The standard InChI is InChI=1S/C76H139NO13/c1-3-5-7-9-11-13-15-17-19-21-23-25-26-27-28-29-30-31-32-33-34-35-36-37-38-40-42-44-46-48-50-52-54-56-58-60-68(81)77-64(65(80)59-57-55-53-51-49-47-45-43-41-39-24-22-20-18-16-14-12-10-8-6-4-2)63-87-75-73(86)71(84)74(67(62-79)89-75)90-76-72(85)70(83)69(82)66(61-78)88-76/h15,17,21,23,41,43,49,51,57,59,64-67,69-76,78-80,82-86H,3-14,16,18-20,22,24-40,42,44-48,50,52-56,58,60-63H2,1-2H3,(H,77,81)/b17-15-,23-21-,43-41+,51-49+,59-57+. The SMILES string of the molecule is CCCCCCC/C=C\C/C=C\CCCCCCCCCCCCCCCCCCCCCCCCCC(=O)NC(COC1OC(CO)C(OC2OC(CO)C(O)C(O)C2O)C(O)C1O)C(O)/C=C/CC/C=C/CC/C=C/CCCCCCCCCCCCC. The molecule has 0 spiro atoms. The highest BCUT2D eigenvalue weighted by Gasteiger charge is 2.51. The van der Waals surface area contributed by atoms with E-state index in [1.54, 1.807) is 6.08 Å². The van der Waals surface area contributed by atoms with E-state index in [1.165, 1.54) is 238 Å². The zero-order chi connectivity index (χ0) is 65.2. The van der Waals surface area contributed by atoms with Crippen LogP contribution in [0.4, 0.5) is 0 Å². The highest BCUT2D eigenvalue weighted by Crippen LogP contribution is 2.30. The van der Waals surface area contributed by atoms with Gasteiger partial charge in [0.05, 0.1) is 32.0 Å². The maximum atomic E-state index is 13.3. The molecule has 12 unspecified atom stereocenters. The number of hydrogen-bond donors (Lipinski definition) is 9. The lowest BCUT2D eigenvalue weighted by molar-refractivity contribution is -0.359. The topological polar surface area (TPSA) is 228 Å². The Morgan fingerprint density at radius 2 is 0.744 bits per heavy atom. The molecule has 90 heavy (non-hydrogen) atoms. The molecular formula is C76H139NO13. The number of carbonyl (C=O) groups excluding carboxylic acids is 1. The van der Waals surface area contributed by atoms with Crippen LogP contribution in [0.15, 0.2) is 60.8 Å². The molecule has 12 atom stereocenters. The molecule has 2 saturated heterocycles. The smallest absolute Gasteiger partial charge is 0.220 e. The van der Waals surface area contributed by atoms with Gasteiger partial charge < -0.3 is 65.1 Å². The molecule has 0 radical (unpaired) electrons. The van der Waals surface area contributed by atoms with Gasteiger partial charge in [0.2, 0.25) is 5.91 Å². The molecule has 0 aromatic heterocycles. The van der Waals surface area contributed by atoms with Crippen molar-refractivity contribution >= 4 is 5.91 Å². The first-order chi connectivity index (χ1) is 44.1. The van der Waals surface area contributed by atoms with Crippen molar-refractivity contribution in [3.8, 4) is 0 Å². The number of ether oxygens (including phenoxy) is 4. The van der Waals surface area contributed by atoms with Crippen LogP contribution >= 0.6 is 0 Å². The fourth-order valence-corrected chi connectivity index (χ4v) is 12.2. The minimum absolute atomic E-state index is 0.248. The monoisotopic (exact) mass is 1270 g/mol. The average molecular weight is 1270 g/mol. The van der Waals surface area contributed by atoms with Crippen LogP contribution in [0.1, 0.15) is 322 Å². The molecule has 1 amide bonds. The summed E-state index contributed by atoms with van der Waals surface area (Å²) in [5.41, 5.74) is 0. The highest BCUT2D eigenvalue weighted by molar-refractivity contribution is 5.76. The van der Waals surface area contributed by atoms with Gasteiger partial charge in [0, 0.05) is 6.42 Å². The molecule has 2 aliphatic heterocycles. The fraction of sp³-hybridized carbons (Fsp3) is 0.855. The van der Waals surface area contributed by atoms with Gasteiger partial charge in [-0.3, -0.25) is 4.79 Å². The Labute approximate surface area is 549 Å². The number of amides is 1. The minimum Gasteiger partial charge on any atom is -0.394 e. The number of rotatable bonds is 62. The van der Waals surface area contributed by atoms with Crippen LogP contribution in [-0.2, 0) is 23.7 Å². The third kappa shape index (κ3) is 43.6. The number of aliphatic hydroxyl groups is 8. The molecule has 9 N–H and O–H groups in total. The molecule has 0 saturated carbocycles. The summed E-state index contributed by atoms with van der Waals surface area (Å²) >= 11 is 0. The van der Waals surface area contributed by atoms with E-state index in [2.05, 4.69) is 67.8 Å². The van der Waals surface area contributed by atoms with Gasteiger partial charge in [-0.05, 0) is 77.0 Å². The Morgan fingerprint density at radius 1 is 0.400 bits per heavy atom. The van der Waals surface area contributed by atoms with E-state index in [-0.39, 0.29) is 18.9 Å². The summed E-state index contributed by atoms with van der Waals surface area (Å²) in [6.07, 6.45) is 64.4. The van der Waals surface area contributed by atoms with Crippen LogP contribution in [0.2, 0.25) is 0 Å². The van der Waals surface area contributed by atoms with Gasteiger partial charge in [0.25, 0.3) is 0 Å². The van der Waals surface area contributed by atoms with Gasteiger partial charge in [0.1, 0.15) is 48.8 Å². The van der Waals surface area contributed by atoms with Crippen molar-refractivity contribution < 1.29 is 64.6 Å². The van der Waals surface area contributed by atoms with Crippen LogP contribution in [-0.4, -0.2) is 140 Å². The largest absolute Gasteiger partial charge is 0.394 e. The Bertz CT molecular complexity index is 1740. The van der Waals surface area contributed by atoms with E-state index in [0.717, 1.165) is 51.4 Å². The first-order valence-electron chi connectivity index (χ1n) is 37.5. The number of nitrogens with one attached hydrogen (secondary N) is 1. The predicted octanol–water partition coefficient (Wildman–Crippen LogP) is 16.0. The Hall–Kier alpha value is -2.31. The maximum absolute atomic E-state index is 13.3. The molecule has 2 rings (SSSR count). The van der Waals surface area contributed by atoms with Crippen molar-refractivity contribution in [2.45, 2.75) is 396 Å². The van der Waals surface area contributed by atoms with Crippen LogP contribution in [0, 0.1) is 0 Å². The van der Waals surface area contributed by atoms with Crippen molar-refractivity contribution in [1.82, 2.24) is 5.32 Å². The summed E-state index contributed by atoms with van der Waals surface area (Å²) in [6.45, 7) is 2.80. The van der Waals surface area contributed by atoms with Crippen LogP contribution < -0.4 is 5.32 Å². The second kappa shape index (κ2) is 60.4. The van der Waals surface area contributed by atoms with E-state index in [4.69, 9.17) is 18.9 Å². The first-order valence-corrected chi connectivity index (χ1v) is 37.5. The average Bonchev–Trinajstić information content (AvgIpc) is 1.28. The van der Waals surface area contributed by atoms with E-state index >= 15 is 0 Å². The molecule has 0 bridgehead atoms. The van der Waals surface area contributed by atoms with Crippen molar-refractivity contribution in [2.24, 2.45) is 0 Å². The maximum Gasteiger partial charge on any atom is 0.220 e. The predicted molar refractivity (Wildman–Crippen MR) is 369 cm³/mol. The summed E-state index contributed by atoms with van der Waals surface area (Å²) in [5, 5.41) is 87.5. The Morgan fingerprint density at radius 3 is 1.16 bits per heavy atom. The fourth-order valence-electron chi connectivity index (χ4n) is 12.2. The van der Waals surface area contributed by atoms with E-state index in [9.17, 15) is 45.6 Å². The molecule has 0 aromatic carbocycles. The summed E-state index contributed by atoms with van der Waals surface area (Å²) in [5.74, 6) is -0.248. The molecular weight excluding hydrogens is 1130 g/mol. The van der Waals surface area contributed by atoms with Gasteiger partial charge in [-0.1, -0.05) is 299 Å². The lowest BCUT2D eigenvalue weighted by Crippen LogP contribution is -2.65. The van der Waals surface area contributed by atoms with Crippen LogP contribution in [0.25, 0.3) is 0 Å². The summed E-state index contributed by atoms with van der Waals surface area (Å²) in [4.78, 5) is 13.3. The zero-order valence-corrected chi connectivity index (χ0v) is 57.4. The Balaban J connectivity index is 1.63. The third-order valence-corrected chi connectivity index (χ3v) is 18.2. The zero-order valence-electron chi connectivity index (χ0n) is 57.4. The lowest BCUT2D eigenvalue weighted by Gasteiger charge is -2.46. The Kier molecular flexibility index (Phi) is 56.2. The van der Waals surface area contributed by atoms with E-state index < -0.39 is 86.8 Å². The summed E-state index contributed by atoms with van der Waals surface area (Å²) in [6, 6.07) is -0.939. The molecule has 2 aliphatic rings. The lowest BCUT2D eigenvalue weighted by atomic mass is 9.97. The van der Waals surface area contributed by atoms with E-state index in [1.807, 2.05) is 6.08 Å². The quantitative estimate of drug-likeness (QED) is 0.0204. The number of carbonyl (C=O) groups is 1. The van der Waals surface area contributed by atoms with Crippen LogP contribution in [0.3, 0.4) is 0 Å². The van der Waals surface area contributed by atoms with Gasteiger partial charge in [-0.15, -0.1) is 0 Å². The van der Waals surface area contributed by atoms with Crippen LogP contribution in [0.5, 0.6) is 0 Å². The highest BCUT2D eigenvalue weighted by atomic mass is 16.7. The van der Waals surface area contributed by atoms with Gasteiger partial charge >= 0.3 is 0 Å². The van der Waals surface area contributed by atoms with E-state index in [0.29, 0.717) is 12.8 Å². The molecule has 14 nitrogen and oxygen atoms in total. The number of unbranched alkanes of at least 4 members (excludes halogenated alkanes) is 41. The third-order valence-electron chi connectivity index (χ3n) is 18.2. The van der Waals surface area contributed by atoms with Gasteiger partial charge in [-0.25, -0.2) is 0 Å². The minimum atomic E-state index is -1.79. The summed E-state index contributed by atoms with van der Waals surface area (Å²) in [7, 11) is 0. The number of hydrogen-bond acceptors (Lipinski definition) is 13. The molecule has 0 aromatic rings. The number of allylic oxidation sites excluding steroid dienone is 9. The second-order valence-electron chi connectivity index (χ2n) is 26.4. The molecule has 0 aliphatic carbocycles. The normalized spacial score (nSPS) is 23.2. The first kappa shape index (κ1) is 83.8. The van der Waals surface area contributed by atoms with Gasteiger partial charge in [-0.2, -0.15) is 0 Å². The summed E-state index contributed by atoms with van der Waals surface area (Å²) < 4.78 is 22.8. The second-order valence-corrected chi connectivity index (χ2v) is 26.4. The van der Waals surface area contributed by atoms with Gasteiger partial charge in [0.15, 0.2) is 12.6 Å². The number of aliphatic hydroxyl groups excluding tert-OH is 8. The van der Waals surface area contributed by atoms with Crippen molar-refractivity contribution in [3.63, 3.8) is 0 Å².